The van der Waals surface area contributed by atoms with Gasteiger partial charge in [-0.05, 0) is 29.8 Å². The SMILES string of the molecule is O=C1c2ccccc2NS(=O)(=O)c2cc(CBr)ccc21. The molecule has 0 bridgehead atoms. The number of hydrogen-bond acceptors (Lipinski definition) is 3. The third-order valence-electron chi connectivity index (χ3n) is 3.15. The summed E-state index contributed by atoms with van der Waals surface area (Å²) in [7, 11) is -3.75. The number of carbonyl (C=O) groups excluding carboxylic acids is 1. The highest BCUT2D eigenvalue weighted by molar-refractivity contribution is 9.08. The van der Waals surface area contributed by atoms with Crippen LogP contribution >= 0.6 is 15.9 Å². The predicted octanol–water partition coefficient (Wildman–Crippen LogP) is 2.93. The van der Waals surface area contributed by atoms with Crippen molar-refractivity contribution >= 4 is 37.4 Å². The summed E-state index contributed by atoms with van der Waals surface area (Å²) in [5.41, 5.74) is 1.68. The highest BCUT2D eigenvalue weighted by Crippen LogP contribution is 2.31. The summed E-state index contributed by atoms with van der Waals surface area (Å²) in [6, 6.07) is 11.4. The second-order valence-corrected chi connectivity index (χ2v) is 6.66. The molecule has 1 aliphatic heterocycles. The first-order chi connectivity index (χ1) is 9.53. The molecule has 2 aromatic carbocycles. The number of halogens is 1. The van der Waals surface area contributed by atoms with Crippen molar-refractivity contribution in [2.24, 2.45) is 0 Å². The molecule has 0 radical (unpaired) electrons. The van der Waals surface area contributed by atoms with Gasteiger partial charge in [0.05, 0.1) is 10.6 Å². The van der Waals surface area contributed by atoms with Crippen molar-refractivity contribution < 1.29 is 13.2 Å². The molecule has 1 heterocycles. The zero-order valence-corrected chi connectivity index (χ0v) is 12.7. The molecule has 0 spiro atoms. The van der Waals surface area contributed by atoms with Gasteiger partial charge in [0.1, 0.15) is 0 Å². The minimum atomic E-state index is -3.75. The zero-order valence-electron chi connectivity index (χ0n) is 10.3. The number of sulfonamides is 1. The van der Waals surface area contributed by atoms with E-state index in [1.165, 1.54) is 6.07 Å². The Balaban J connectivity index is 2.33. The molecule has 0 saturated heterocycles. The number of ketones is 1. The fourth-order valence-corrected chi connectivity index (χ4v) is 3.86. The van der Waals surface area contributed by atoms with Crippen LogP contribution in [0.5, 0.6) is 0 Å². The smallest absolute Gasteiger partial charge is 0.262 e. The standard InChI is InChI=1S/C14H10BrNO3S/c15-8-9-5-6-11-13(7-9)20(18,19)16-12-4-2-1-3-10(12)14(11)17/h1-7,16H,8H2. The first-order valence-electron chi connectivity index (χ1n) is 5.88. The summed E-state index contributed by atoms with van der Waals surface area (Å²) in [6.45, 7) is 0. The van der Waals surface area contributed by atoms with Gasteiger partial charge in [-0.15, -0.1) is 0 Å². The van der Waals surface area contributed by atoms with Crippen molar-refractivity contribution in [3.8, 4) is 0 Å². The van der Waals surface area contributed by atoms with Crippen molar-refractivity contribution in [1.29, 1.82) is 0 Å². The Labute approximate surface area is 125 Å². The maximum absolute atomic E-state index is 12.5. The minimum Gasteiger partial charge on any atom is -0.288 e. The van der Waals surface area contributed by atoms with E-state index in [2.05, 4.69) is 20.7 Å². The average Bonchev–Trinajstić information content (AvgIpc) is 2.53. The van der Waals surface area contributed by atoms with Gasteiger partial charge < -0.3 is 0 Å². The van der Waals surface area contributed by atoms with E-state index in [1.54, 1.807) is 36.4 Å². The molecule has 0 saturated carbocycles. The van der Waals surface area contributed by atoms with E-state index < -0.39 is 10.0 Å². The van der Waals surface area contributed by atoms with Crippen LogP contribution in [0.25, 0.3) is 0 Å². The van der Waals surface area contributed by atoms with Crippen LogP contribution in [0.15, 0.2) is 47.4 Å². The first-order valence-corrected chi connectivity index (χ1v) is 8.49. The Morgan fingerprint density at radius 3 is 2.55 bits per heavy atom. The van der Waals surface area contributed by atoms with Gasteiger partial charge in [0.15, 0.2) is 5.78 Å². The molecule has 4 nitrogen and oxygen atoms in total. The zero-order chi connectivity index (χ0) is 14.3. The van der Waals surface area contributed by atoms with Crippen LogP contribution in [-0.4, -0.2) is 14.2 Å². The summed E-state index contributed by atoms with van der Waals surface area (Å²) >= 11 is 3.29. The molecule has 1 N–H and O–H groups in total. The Morgan fingerprint density at radius 1 is 1.05 bits per heavy atom. The number of rotatable bonds is 1. The van der Waals surface area contributed by atoms with Crippen LogP contribution < -0.4 is 4.72 Å². The molecule has 6 heteroatoms. The molecular formula is C14H10BrNO3S. The molecule has 102 valence electrons. The molecule has 1 aliphatic rings. The maximum atomic E-state index is 12.5. The van der Waals surface area contributed by atoms with E-state index in [0.29, 0.717) is 16.6 Å². The molecule has 0 amide bonds. The number of hydrogen-bond donors (Lipinski definition) is 1. The van der Waals surface area contributed by atoms with Gasteiger partial charge in [0.25, 0.3) is 10.0 Å². The van der Waals surface area contributed by atoms with Crippen molar-refractivity contribution in [1.82, 2.24) is 0 Å². The highest BCUT2D eigenvalue weighted by Gasteiger charge is 2.29. The van der Waals surface area contributed by atoms with Gasteiger partial charge in [-0.25, -0.2) is 8.42 Å². The fraction of sp³-hybridized carbons (Fsp3) is 0.0714. The van der Waals surface area contributed by atoms with Crippen LogP contribution in [0.4, 0.5) is 5.69 Å². The van der Waals surface area contributed by atoms with E-state index in [-0.39, 0.29) is 16.2 Å². The van der Waals surface area contributed by atoms with E-state index in [0.717, 1.165) is 5.56 Å². The van der Waals surface area contributed by atoms with E-state index in [1.807, 2.05) is 0 Å². The molecular weight excluding hydrogens is 342 g/mol. The summed E-state index contributed by atoms with van der Waals surface area (Å²) in [5, 5.41) is 0.525. The van der Waals surface area contributed by atoms with Gasteiger partial charge in [-0.2, -0.15) is 0 Å². The summed E-state index contributed by atoms with van der Waals surface area (Å²) in [4.78, 5) is 12.5. The highest BCUT2D eigenvalue weighted by atomic mass is 79.9. The summed E-state index contributed by atoms with van der Waals surface area (Å²) in [5.74, 6) is -0.287. The summed E-state index contributed by atoms with van der Waals surface area (Å²) in [6.07, 6.45) is 0. The van der Waals surface area contributed by atoms with E-state index in [9.17, 15) is 13.2 Å². The Bertz CT molecular complexity index is 815. The lowest BCUT2D eigenvalue weighted by atomic mass is 10.0. The molecule has 0 fully saturated rings. The van der Waals surface area contributed by atoms with Gasteiger partial charge in [0.2, 0.25) is 0 Å². The van der Waals surface area contributed by atoms with Crippen LogP contribution in [0.2, 0.25) is 0 Å². The molecule has 20 heavy (non-hydrogen) atoms. The summed E-state index contributed by atoms with van der Waals surface area (Å²) < 4.78 is 27.3. The minimum absolute atomic E-state index is 0.0238. The molecule has 0 unspecified atom stereocenters. The number of para-hydroxylation sites is 1. The van der Waals surface area contributed by atoms with Crippen molar-refractivity contribution in [2.75, 3.05) is 4.72 Å². The number of benzene rings is 2. The number of nitrogens with one attached hydrogen (secondary N) is 1. The normalized spacial score (nSPS) is 15.8. The number of alkyl halides is 1. The second kappa shape index (κ2) is 4.71. The van der Waals surface area contributed by atoms with E-state index >= 15 is 0 Å². The molecule has 3 rings (SSSR count). The topological polar surface area (TPSA) is 63.2 Å². The first kappa shape index (κ1) is 13.3. The number of fused-ring (bicyclic) bond motifs is 2. The van der Waals surface area contributed by atoms with Crippen LogP contribution in [0.1, 0.15) is 21.5 Å². The molecule has 0 aromatic heterocycles. The quantitative estimate of drug-likeness (QED) is 0.803. The van der Waals surface area contributed by atoms with Gasteiger partial charge in [0, 0.05) is 16.5 Å². The van der Waals surface area contributed by atoms with Gasteiger partial charge in [-0.3, -0.25) is 9.52 Å². The van der Waals surface area contributed by atoms with E-state index in [4.69, 9.17) is 0 Å². The fourth-order valence-electron chi connectivity index (χ4n) is 2.17. The van der Waals surface area contributed by atoms with Gasteiger partial charge in [-0.1, -0.05) is 34.1 Å². The lowest BCUT2D eigenvalue weighted by Crippen LogP contribution is -2.13. The van der Waals surface area contributed by atoms with Crippen molar-refractivity contribution in [3.63, 3.8) is 0 Å². The third-order valence-corrected chi connectivity index (χ3v) is 5.20. The maximum Gasteiger partial charge on any atom is 0.262 e. The number of carbonyl (C=O) groups is 1. The number of anilines is 1. The lowest BCUT2D eigenvalue weighted by molar-refractivity contribution is 0.103. The van der Waals surface area contributed by atoms with Crippen molar-refractivity contribution in [3.05, 3.63) is 59.2 Å². The van der Waals surface area contributed by atoms with Crippen LogP contribution in [-0.2, 0) is 15.4 Å². The Hall–Kier alpha value is -1.66. The average molecular weight is 352 g/mol. The Kier molecular flexibility index (Phi) is 3.14. The van der Waals surface area contributed by atoms with Crippen molar-refractivity contribution in [2.45, 2.75) is 10.2 Å². The second-order valence-electron chi connectivity index (χ2n) is 4.44. The molecule has 0 aliphatic carbocycles. The molecule has 2 aromatic rings. The Morgan fingerprint density at radius 2 is 1.80 bits per heavy atom. The monoisotopic (exact) mass is 351 g/mol. The van der Waals surface area contributed by atoms with Crippen LogP contribution in [0.3, 0.4) is 0 Å². The predicted molar refractivity (Wildman–Crippen MR) is 79.8 cm³/mol. The lowest BCUT2D eigenvalue weighted by Gasteiger charge is -2.07. The largest absolute Gasteiger partial charge is 0.288 e. The third kappa shape index (κ3) is 2.05. The molecule has 0 atom stereocenters. The van der Waals surface area contributed by atoms with Gasteiger partial charge >= 0.3 is 0 Å². The van der Waals surface area contributed by atoms with Crippen LogP contribution in [0, 0.1) is 0 Å².